The van der Waals surface area contributed by atoms with Crippen LogP contribution in [0.1, 0.15) is 27.7 Å². The van der Waals surface area contributed by atoms with E-state index in [-0.39, 0.29) is 0 Å². The van der Waals surface area contributed by atoms with Gasteiger partial charge in [0.05, 0.1) is 0 Å². The van der Waals surface area contributed by atoms with Gasteiger partial charge in [0, 0.05) is 26.2 Å². The number of nitrogens with one attached hydrogen (secondary N) is 1. The summed E-state index contributed by atoms with van der Waals surface area (Å²) in [7, 11) is 5.82. The Bertz CT molecular complexity index is 113. The Hall–Kier alpha value is -0.610. The van der Waals surface area contributed by atoms with Crippen LogP contribution in [0.5, 0.6) is 0 Å². The molecular formula is C12H31N3O. The van der Waals surface area contributed by atoms with Gasteiger partial charge in [-0.3, -0.25) is 4.79 Å². The third kappa shape index (κ3) is 15.8. The summed E-state index contributed by atoms with van der Waals surface area (Å²) < 4.78 is 0. The molecule has 0 aromatic heterocycles. The van der Waals surface area contributed by atoms with Crippen LogP contribution in [0, 0.1) is 0 Å². The molecule has 4 heteroatoms. The van der Waals surface area contributed by atoms with Gasteiger partial charge in [-0.15, -0.1) is 0 Å². The third-order valence-corrected chi connectivity index (χ3v) is 1.69. The molecule has 1 amide bonds. The Kier molecular flexibility index (Phi) is 25.8. The predicted molar refractivity (Wildman–Crippen MR) is 72.8 cm³/mol. The van der Waals surface area contributed by atoms with Crippen molar-refractivity contribution in [3.05, 3.63) is 0 Å². The molecule has 0 aliphatic carbocycles. The van der Waals surface area contributed by atoms with E-state index in [0.717, 1.165) is 32.6 Å². The summed E-state index contributed by atoms with van der Waals surface area (Å²) >= 11 is 0. The van der Waals surface area contributed by atoms with Gasteiger partial charge in [-0.1, -0.05) is 27.7 Å². The summed E-state index contributed by atoms with van der Waals surface area (Å²) in [6.07, 6.45) is 0.924. The smallest absolute Gasteiger partial charge is 0.209 e. The van der Waals surface area contributed by atoms with Crippen LogP contribution in [0.3, 0.4) is 0 Å². The maximum Gasteiger partial charge on any atom is 0.209 e. The van der Waals surface area contributed by atoms with Crippen LogP contribution in [0.25, 0.3) is 0 Å². The number of likely N-dealkylation sites (N-methyl/N-ethyl adjacent to an activating group) is 1. The van der Waals surface area contributed by atoms with Gasteiger partial charge in [0.25, 0.3) is 0 Å². The molecule has 0 saturated carbocycles. The minimum Gasteiger partial charge on any atom is -0.343 e. The van der Waals surface area contributed by atoms with Crippen LogP contribution in [0.4, 0.5) is 0 Å². The largest absolute Gasteiger partial charge is 0.343 e. The predicted octanol–water partition coefficient (Wildman–Crippen LogP) is 1.28. The number of nitrogens with zero attached hydrogens (tertiary/aromatic N) is 2. The highest BCUT2D eigenvalue weighted by Crippen LogP contribution is 1.94. The van der Waals surface area contributed by atoms with Gasteiger partial charge in [-0.25, -0.2) is 0 Å². The molecule has 1 saturated heterocycles. The Morgan fingerprint density at radius 1 is 0.938 bits per heavy atom. The zero-order valence-electron chi connectivity index (χ0n) is 12.2. The highest BCUT2D eigenvalue weighted by atomic mass is 16.1. The fourth-order valence-electron chi connectivity index (χ4n) is 0.927. The third-order valence-electron chi connectivity index (χ3n) is 1.69. The fraction of sp³-hybridized carbons (Fsp3) is 0.917. The summed E-state index contributed by atoms with van der Waals surface area (Å²) in [6.45, 7) is 11.8. The average molecular weight is 233 g/mol. The molecule has 1 aliphatic rings. The highest BCUT2D eigenvalue weighted by molar-refractivity contribution is 5.47. The van der Waals surface area contributed by atoms with Gasteiger partial charge in [0.1, 0.15) is 0 Å². The van der Waals surface area contributed by atoms with Crippen molar-refractivity contribution in [2.45, 2.75) is 27.7 Å². The first-order valence-corrected chi connectivity index (χ1v) is 6.21. The minimum atomic E-state index is 0.889. The van der Waals surface area contributed by atoms with Crippen molar-refractivity contribution < 1.29 is 4.79 Å². The lowest BCUT2D eigenvalue weighted by atomic mass is 10.4. The number of rotatable bonds is 1. The van der Waals surface area contributed by atoms with E-state index in [1.807, 2.05) is 41.8 Å². The van der Waals surface area contributed by atoms with Gasteiger partial charge in [-0.05, 0) is 21.1 Å². The molecule has 0 unspecified atom stereocenters. The van der Waals surface area contributed by atoms with Crippen LogP contribution >= 0.6 is 0 Å². The van der Waals surface area contributed by atoms with Crippen LogP contribution in [-0.2, 0) is 4.79 Å². The lowest BCUT2D eigenvalue weighted by Crippen LogP contribution is -2.43. The minimum absolute atomic E-state index is 0.889. The van der Waals surface area contributed by atoms with E-state index in [2.05, 4.69) is 17.3 Å². The van der Waals surface area contributed by atoms with Crippen molar-refractivity contribution in [3.8, 4) is 0 Å². The van der Waals surface area contributed by atoms with E-state index < -0.39 is 0 Å². The Labute approximate surface area is 102 Å². The molecule has 1 fully saturated rings. The summed E-state index contributed by atoms with van der Waals surface area (Å²) in [4.78, 5) is 14.2. The van der Waals surface area contributed by atoms with E-state index >= 15 is 0 Å². The molecule has 0 aromatic carbocycles. The van der Waals surface area contributed by atoms with Crippen molar-refractivity contribution >= 4 is 6.41 Å². The first kappa shape index (κ1) is 20.8. The number of carbonyl (C=O) groups excluding carboxylic acids is 1. The zero-order valence-corrected chi connectivity index (χ0v) is 12.2. The second-order valence-corrected chi connectivity index (χ2v) is 2.94. The number of amides is 1. The van der Waals surface area contributed by atoms with Crippen LogP contribution in [-0.4, -0.2) is 63.5 Å². The summed E-state index contributed by atoms with van der Waals surface area (Å²) in [6, 6.07) is 0. The van der Waals surface area contributed by atoms with E-state index in [4.69, 9.17) is 0 Å². The van der Waals surface area contributed by atoms with Crippen molar-refractivity contribution in [1.82, 2.24) is 15.1 Å². The van der Waals surface area contributed by atoms with Crippen molar-refractivity contribution in [2.75, 3.05) is 47.3 Å². The molecule has 16 heavy (non-hydrogen) atoms. The molecular weight excluding hydrogens is 202 g/mol. The number of carbonyl (C=O) groups is 1. The maximum atomic E-state index is 10.2. The normalized spacial score (nSPS) is 14.3. The van der Waals surface area contributed by atoms with E-state index in [1.54, 1.807) is 4.90 Å². The number of hydrogen-bond donors (Lipinski definition) is 1. The summed E-state index contributed by atoms with van der Waals surface area (Å²) in [5, 5.41) is 2.75. The first-order valence-electron chi connectivity index (χ1n) is 6.21. The number of piperazine rings is 1. The SMILES string of the molecule is CC.CC.CN1CCN(C=O)CC1.CNC. The molecule has 1 rings (SSSR count). The standard InChI is InChI=1S/C6H12N2O.C2H7N.2C2H6/c1-7-2-4-8(6-9)5-3-7;1-3-2;2*1-2/h6H,2-5H2,1H3;3H,1-2H3;2*1-2H3. The Morgan fingerprint density at radius 2 is 1.25 bits per heavy atom. The second-order valence-electron chi connectivity index (χ2n) is 2.94. The molecule has 0 spiro atoms. The molecule has 0 atom stereocenters. The summed E-state index contributed by atoms with van der Waals surface area (Å²) in [5.41, 5.74) is 0. The number of hydrogen-bond acceptors (Lipinski definition) is 3. The van der Waals surface area contributed by atoms with Gasteiger partial charge < -0.3 is 15.1 Å². The van der Waals surface area contributed by atoms with Gasteiger partial charge in [0.2, 0.25) is 6.41 Å². The molecule has 1 heterocycles. The topological polar surface area (TPSA) is 35.6 Å². The van der Waals surface area contributed by atoms with E-state index in [1.165, 1.54) is 0 Å². The molecule has 0 radical (unpaired) electrons. The van der Waals surface area contributed by atoms with Crippen molar-refractivity contribution in [2.24, 2.45) is 0 Å². The van der Waals surface area contributed by atoms with Gasteiger partial charge in [-0.2, -0.15) is 0 Å². The maximum absolute atomic E-state index is 10.2. The van der Waals surface area contributed by atoms with Crippen molar-refractivity contribution in [3.63, 3.8) is 0 Å². The first-order chi connectivity index (χ1) is 7.74. The van der Waals surface area contributed by atoms with Crippen LogP contribution in [0.2, 0.25) is 0 Å². The molecule has 100 valence electrons. The molecule has 0 bridgehead atoms. The second kappa shape index (κ2) is 19.9. The van der Waals surface area contributed by atoms with Crippen LogP contribution < -0.4 is 5.32 Å². The zero-order chi connectivity index (χ0) is 13.4. The lowest BCUT2D eigenvalue weighted by molar-refractivity contribution is -0.119. The summed E-state index contributed by atoms with van der Waals surface area (Å²) in [5.74, 6) is 0. The Morgan fingerprint density at radius 3 is 1.50 bits per heavy atom. The van der Waals surface area contributed by atoms with Crippen molar-refractivity contribution in [1.29, 1.82) is 0 Å². The van der Waals surface area contributed by atoms with E-state index in [0.29, 0.717) is 0 Å². The molecule has 1 N–H and O–H groups in total. The molecule has 0 aromatic rings. The highest BCUT2D eigenvalue weighted by Gasteiger charge is 2.10. The molecule has 1 aliphatic heterocycles. The van der Waals surface area contributed by atoms with Gasteiger partial charge in [0.15, 0.2) is 0 Å². The monoisotopic (exact) mass is 233 g/mol. The lowest BCUT2D eigenvalue weighted by Gasteiger charge is -2.29. The average Bonchev–Trinajstić information content (AvgIpc) is 2.36. The quantitative estimate of drug-likeness (QED) is 0.693. The van der Waals surface area contributed by atoms with E-state index in [9.17, 15) is 4.79 Å². The van der Waals surface area contributed by atoms with Crippen LogP contribution in [0.15, 0.2) is 0 Å². The Balaban J connectivity index is -0.000000206. The molecule has 4 nitrogen and oxygen atoms in total. The fourth-order valence-corrected chi connectivity index (χ4v) is 0.927. The van der Waals surface area contributed by atoms with Gasteiger partial charge >= 0.3 is 0 Å².